The van der Waals surface area contributed by atoms with Gasteiger partial charge in [-0.05, 0) is 6.42 Å². The molecule has 0 aliphatic rings. The van der Waals surface area contributed by atoms with Crippen molar-refractivity contribution in [3.63, 3.8) is 0 Å². The predicted octanol–water partition coefficient (Wildman–Crippen LogP) is -0.0350. The first-order chi connectivity index (χ1) is 8.91. The van der Waals surface area contributed by atoms with Crippen molar-refractivity contribution in [3.8, 4) is 0 Å². The molecule has 1 amide bonds. The Balaban J connectivity index is 2.23. The minimum atomic E-state index is -1.01. The monoisotopic (exact) mass is 271 g/mol. The summed E-state index contributed by atoms with van der Waals surface area (Å²) in [5, 5.41) is 22.7. The van der Waals surface area contributed by atoms with Gasteiger partial charge in [-0.3, -0.25) is 19.4 Å². The molecule has 0 unspecified atom stereocenters. The summed E-state index contributed by atoms with van der Waals surface area (Å²) < 4.78 is 1.40. The third kappa shape index (κ3) is 4.49. The zero-order chi connectivity index (χ0) is 14.4. The largest absolute Gasteiger partial charge is 0.481 e. The molecule has 0 atom stereocenters. The van der Waals surface area contributed by atoms with Gasteiger partial charge in [-0.1, -0.05) is 0 Å². The van der Waals surface area contributed by atoms with Crippen molar-refractivity contribution in [3.05, 3.63) is 11.4 Å². The summed E-state index contributed by atoms with van der Waals surface area (Å²) in [6, 6.07) is 0. The number of nitrogens with one attached hydrogen (secondary N) is 2. The molecule has 19 heavy (non-hydrogen) atoms. The number of hydrogen-bond donors (Lipinski definition) is 4. The van der Waals surface area contributed by atoms with E-state index >= 15 is 0 Å². The minimum Gasteiger partial charge on any atom is -0.481 e. The smallest absolute Gasteiger partial charge is 0.355 e. The van der Waals surface area contributed by atoms with E-state index in [2.05, 4.69) is 10.4 Å². The number of aromatic amines is 1. The molecule has 1 aromatic heterocycles. The molecule has 4 N–H and O–H groups in total. The summed E-state index contributed by atoms with van der Waals surface area (Å²) in [6.45, 7) is 0.318. The van der Waals surface area contributed by atoms with Crippen molar-refractivity contribution in [2.24, 2.45) is 7.05 Å². The number of aryl methyl sites for hydroxylation is 1. The van der Waals surface area contributed by atoms with E-state index in [9.17, 15) is 14.4 Å². The average Bonchev–Trinajstić information content (AvgIpc) is 2.25. The number of hydrogen-bond acceptors (Lipinski definition) is 3. The van der Waals surface area contributed by atoms with Gasteiger partial charge < -0.3 is 15.5 Å². The average molecular weight is 271 g/mol. The summed E-state index contributed by atoms with van der Waals surface area (Å²) in [4.78, 5) is 32.4. The van der Waals surface area contributed by atoms with E-state index in [1.165, 1.54) is 4.68 Å². The quantitative estimate of drug-likeness (QED) is 0.528. The number of carbonyl (C=O) groups is 3. The molecule has 0 saturated carbocycles. The number of aromatic nitrogens is 2. The number of H-pyrrole nitrogens is 1. The SMILES string of the molecule is Cn1[nH]c(CCNC(=O)CCCC(=O)O)c1C(=O)O. The van der Waals surface area contributed by atoms with Crippen molar-refractivity contribution >= 4 is 17.8 Å². The van der Waals surface area contributed by atoms with Gasteiger partial charge in [-0.25, -0.2) is 4.79 Å². The summed E-state index contributed by atoms with van der Waals surface area (Å²) >= 11 is 0. The van der Waals surface area contributed by atoms with Gasteiger partial charge in [0.05, 0.1) is 5.69 Å². The Bertz CT molecular complexity index is 474. The molecule has 1 heterocycles. The maximum absolute atomic E-state index is 11.3. The Morgan fingerprint density at radius 2 is 1.95 bits per heavy atom. The minimum absolute atomic E-state index is 0.0336. The second-order valence-electron chi connectivity index (χ2n) is 4.15. The summed E-state index contributed by atoms with van der Waals surface area (Å²) in [7, 11) is 1.59. The lowest BCUT2D eigenvalue weighted by atomic mass is 10.2. The van der Waals surface area contributed by atoms with Crippen LogP contribution in [0.2, 0.25) is 0 Å². The zero-order valence-electron chi connectivity index (χ0n) is 10.6. The summed E-state index contributed by atoms with van der Waals surface area (Å²) in [5.41, 5.74) is 0.765. The van der Waals surface area contributed by atoms with Gasteiger partial charge in [0.15, 0.2) is 5.69 Å². The number of carboxylic acids is 2. The molecular weight excluding hydrogens is 254 g/mol. The van der Waals surface area contributed by atoms with Crippen LogP contribution in [0.3, 0.4) is 0 Å². The van der Waals surface area contributed by atoms with Gasteiger partial charge in [-0.2, -0.15) is 0 Å². The van der Waals surface area contributed by atoms with Crippen LogP contribution < -0.4 is 5.32 Å². The van der Waals surface area contributed by atoms with Crippen LogP contribution >= 0.6 is 0 Å². The molecule has 106 valence electrons. The summed E-state index contributed by atoms with van der Waals surface area (Å²) in [5.74, 6) is -2.17. The molecular formula is C11H17N3O5. The van der Waals surface area contributed by atoms with Crippen molar-refractivity contribution < 1.29 is 24.6 Å². The van der Waals surface area contributed by atoms with Gasteiger partial charge in [0.1, 0.15) is 0 Å². The van der Waals surface area contributed by atoms with E-state index in [1.807, 2.05) is 0 Å². The number of carboxylic acid groups (broad SMARTS) is 2. The van der Waals surface area contributed by atoms with Crippen LogP contribution in [0.1, 0.15) is 35.4 Å². The van der Waals surface area contributed by atoms with Crippen molar-refractivity contribution in [2.75, 3.05) is 6.54 Å². The number of rotatable bonds is 8. The molecule has 8 heteroatoms. The van der Waals surface area contributed by atoms with Crippen molar-refractivity contribution in [1.29, 1.82) is 0 Å². The van der Waals surface area contributed by atoms with E-state index < -0.39 is 11.9 Å². The lowest BCUT2D eigenvalue weighted by Crippen LogP contribution is -2.29. The highest BCUT2D eigenvalue weighted by Gasteiger charge is 2.17. The maximum atomic E-state index is 11.3. The van der Waals surface area contributed by atoms with Crippen LogP contribution in [-0.4, -0.2) is 44.4 Å². The predicted molar refractivity (Wildman–Crippen MR) is 64.9 cm³/mol. The number of amides is 1. The Kier molecular flexibility index (Phi) is 5.16. The molecule has 0 spiro atoms. The Morgan fingerprint density at radius 3 is 2.47 bits per heavy atom. The Morgan fingerprint density at radius 1 is 1.26 bits per heavy atom. The zero-order valence-corrected chi connectivity index (χ0v) is 10.6. The van der Waals surface area contributed by atoms with E-state index in [-0.39, 0.29) is 24.4 Å². The van der Waals surface area contributed by atoms with Crippen LogP contribution in [0.5, 0.6) is 0 Å². The van der Waals surface area contributed by atoms with Crippen molar-refractivity contribution in [2.45, 2.75) is 25.7 Å². The van der Waals surface area contributed by atoms with Crippen LogP contribution in [0, 0.1) is 0 Å². The number of carbonyl (C=O) groups excluding carboxylic acids is 1. The second-order valence-corrected chi connectivity index (χ2v) is 4.15. The standard InChI is InChI=1S/C11H17N3O5/c1-14-10(11(18)19)7(13-14)5-6-12-8(15)3-2-4-9(16)17/h13H,2-6H2,1H3,(H,12,15)(H,16,17)(H,18,19). The first-order valence-corrected chi connectivity index (χ1v) is 5.87. The molecule has 0 saturated heterocycles. The van der Waals surface area contributed by atoms with Crippen LogP contribution in [0.15, 0.2) is 0 Å². The van der Waals surface area contributed by atoms with Gasteiger partial charge in [0.25, 0.3) is 0 Å². The molecule has 0 bridgehead atoms. The lowest BCUT2D eigenvalue weighted by Gasteiger charge is -2.17. The van der Waals surface area contributed by atoms with Crippen LogP contribution in [0.4, 0.5) is 0 Å². The summed E-state index contributed by atoms with van der Waals surface area (Å²) in [6.07, 6.45) is 0.820. The fraction of sp³-hybridized carbons (Fsp3) is 0.545. The number of nitrogens with zero attached hydrogens (tertiary/aromatic N) is 1. The fourth-order valence-corrected chi connectivity index (χ4v) is 1.72. The van der Waals surface area contributed by atoms with Gasteiger partial charge >= 0.3 is 11.9 Å². The fourth-order valence-electron chi connectivity index (χ4n) is 1.72. The molecule has 0 fully saturated rings. The second kappa shape index (κ2) is 6.62. The van der Waals surface area contributed by atoms with E-state index in [0.29, 0.717) is 25.1 Å². The topological polar surface area (TPSA) is 124 Å². The molecule has 1 aromatic rings. The Hall–Kier alpha value is -2.25. The molecule has 8 nitrogen and oxygen atoms in total. The van der Waals surface area contributed by atoms with E-state index in [0.717, 1.165) is 0 Å². The number of aromatic carboxylic acids is 1. The molecule has 0 aliphatic heterocycles. The van der Waals surface area contributed by atoms with E-state index in [4.69, 9.17) is 10.2 Å². The first-order valence-electron chi connectivity index (χ1n) is 5.87. The van der Waals surface area contributed by atoms with Gasteiger partial charge in [0, 0.05) is 32.9 Å². The molecule has 0 aliphatic carbocycles. The normalized spacial score (nSPS) is 10.4. The van der Waals surface area contributed by atoms with Crippen LogP contribution in [-0.2, 0) is 23.1 Å². The first kappa shape index (κ1) is 14.8. The molecule has 1 rings (SSSR count). The lowest BCUT2D eigenvalue weighted by molar-refractivity contribution is -0.137. The highest BCUT2D eigenvalue weighted by molar-refractivity contribution is 5.87. The van der Waals surface area contributed by atoms with E-state index in [1.54, 1.807) is 7.05 Å². The van der Waals surface area contributed by atoms with Crippen LogP contribution in [0.25, 0.3) is 0 Å². The Labute approximate surface area is 109 Å². The number of aliphatic carboxylic acids is 1. The van der Waals surface area contributed by atoms with Crippen molar-refractivity contribution in [1.82, 2.24) is 15.1 Å². The third-order valence-corrected chi connectivity index (χ3v) is 2.62. The third-order valence-electron chi connectivity index (χ3n) is 2.62. The highest BCUT2D eigenvalue weighted by Crippen LogP contribution is 2.08. The maximum Gasteiger partial charge on any atom is 0.355 e. The van der Waals surface area contributed by atoms with Gasteiger partial charge in [-0.15, -0.1) is 0 Å². The molecule has 0 aromatic carbocycles. The highest BCUT2D eigenvalue weighted by atomic mass is 16.4. The van der Waals surface area contributed by atoms with Gasteiger partial charge in [0.2, 0.25) is 5.91 Å². The molecule has 0 radical (unpaired) electrons.